The highest BCUT2D eigenvalue weighted by Gasteiger charge is 2.13. The number of nitrogen functional groups attached to an aromatic ring is 1. The molecular weight excluding hydrogens is 304 g/mol. The van der Waals surface area contributed by atoms with Crippen molar-refractivity contribution in [1.82, 2.24) is 4.98 Å². The third-order valence-corrected chi connectivity index (χ3v) is 3.11. The fourth-order valence-electron chi connectivity index (χ4n) is 1.60. The maximum Gasteiger partial charge on any atom is 0.255 e. The Morgan fingerprint density at radius 2 is 2.05 bits per heavy atom. The molecule has 2 rings (SSSR count). The van der Waals surface area contributed by atoms with Crippen LogP contribution in [0.15, 0.2) is 24.3 Å². The van der Waals surface area contributed by atoms with E-state index in [1.54, 1.807) is 13.0 Å². The summed E-state index contributed by atoms with van der Waals surface area (Å²) in [6.45, 7) is 1.72. The molecule has 0 bridgehead atoms. The lowest BCUT2D eigenvalue weighted by molar-refractivity contribution is 0.102. The number of nitrogens with one attached hydrogen (secondary N) is 1. The van der Waals surface area contributed by atoms with Crippen molar-refractivity contribution < 1.29 is 9.18 Å². The number of benzene rings is 1. The predicted molar refractivity (Wildman–Crippen MR) is 77.8 cm³/mol. The normalized spacial score (nSPS) is 10.4. The van der Waals surface area contributed by atoms with Crippen LogP contribution in [0.1, 0.15) is 15.9 Å². The molecule has 0 atom stereocenters. The second-order valence-corrected chi connectivity index (χ2v) is 4.86. The molecule has 0 spiro atoms. The van der Waals surface area contributed by atoms with Gasteiger partial charge in [-0.25, -0.2) is 9.37 Å². The Bertz CT molecular complexity index is 668. The van der Waals surface area contributed by atoms with Gasteiger partial charge in [0.05, 0.1) is 11.4 Å². The lowest BCUT2D eigenvalue weighted by Gasteiger charge is -2.10. The van der Waals surface area contributed by atoms with Gasteiger partial charge in [0.1, 0.15) is 11.0 Å². The minimum Gasteiger partial charge on any atom is -0.396 e. The molecule has 0 fully saturated rings. The maximum absolute atomic E-state index is 13.3. The van der Waals surface area contributed by atoms with Crippen LogP contribution in [0, 0.1) is 12.7 Å². The van der Waals surface area contributed by atoms with Crippen molar-refractivity contribution in [2.75, 3.05) is 11.1 Å². The zero-order valence-corrected chi connectivity index (χ0v) is 11.9. The summed E-state index contributed by atoms with van der Waals surface area (Å²) in [5, 5.41) is 2.86. The molecule has 0 aliphatic rings. The van der Waals surface area contributed by atoms with Crippen molar-refractivity contribution in [2.24, 2.45) is 0 Å². The van der Waals surface area contributed by atoms with E-state index in [1.165, 1.54) is 12.1 Å². The quantitative estimate of drug-likeness (QED) is 0.656. The molecule has 4 nitrogen and oxygen atoms in total. The SMILES string of the molecule is Cc1cc(Cl)nc(Cl)c1NC(=O)c1ccc(N)c(F)c1. The highest BCUT2D eigenvalue weighted by molar-refractivity contribution is 6.35. The van der Waals surface area contributed by atoms with Gasteiger partial charge in [-0.05, 0) is 36.8 Å². The number of aromatic nitrogens is 1. The van der Waals surface area contributed by atoms with Gasteiger partial charge < -0.3 is 11.1 Å². The third kappa shape index (κ3) is 3.00. The number of carbonyl (C=O) groups excluding carboxylic acids is 1. The summed E-state index contributed by atoms with van der Waals surface area (Å²) < 4.78 is 13.3. The number of aryl methyl sites for hydroxylation is 1. The summed E-state index contributed by atoms with van der Waals surface area (Å²) in [7, 11) is 0. The van der Waals surface area contributed by atoms with Crippen LogP contribution >= 0.6 is 23.2 Å². The Morgan fingerprint density at radius 1 is 1.35 bits per heavy atom. The molecule has 7 heteroatoms. The fraction of sp³-hybridized carbons (Fsp3) is 0.0769. The summed E-state index contributed by atoms with van der Waals surface area (Å²) in [4.78, 5) is 15.9. The van der Waals surface area contributed by atoms with Crippen molar-refractivity contribution in [1.29, 1.82) is 0 Å². The zero-order valence-electron chi connectivity index (χ0n) is 10.4. The van der Waals surface area contributed by atoms with E-state index >= 15 is 0 Å². The van der Waals surface area contributed by atoms with Gasteiger partial charge in [-0.15, -0.1) is 0 Å². The van der Waals surface area contributed by atoms with E-state index in [1.807, 2.05) is 0 Å². The number of anilines is 2. The number of pyridine rings is 1. The van der Waals surface area contributed by atoms with Gasteiger partial charge in [0.2, 0.25) is 0 Å². The number of hydrogen-bond acceptors (Lipinski definition) is 3. The molecule has 0 aliphatic carbocycles. The topological polar surface area (TPSA) is 68.0 Å². The molecule has 1 aromatic heterocycles. The molecule has 1 heterocycles. The highest BCUT2D eigenvalue weighted by atomic mass is 35.5. The number of amides is 1. The molecule has 0 radical (unpaired) electrons. The van der Waals surface area contributed by atoms with E-state index < -0.39 is 11.7 Å². The summed E-state index contributed by atoms with van der Waals surface area (Å²) in [5.74, 6) is -1.17. The first-order chi connectivity index (χ1) is 9.38. The first-order valence-electron chi connectivity index (χ1n) is 5.57. The van der Waals surface area contributed by atoms with Crippen LogP contribution in [0.5, 0.6) is 0 Å². The lowest BCUT2D eigenvalue weighted by atomic mass is 10.1. The fourth-order valence-corrected chi connectivity index (χ4v) is 2.18. The second kappa shape index (κ2) is 5.64. The summed E-state index contributed by atoms with van der Waals surface area (Å²) >= 11 is 11.7. The van der Waals surface area contributed by atoms with E-state index in [2.05, 4.69) is 10.3 Å². The van der Waals surface area contributed by atoms with Gasteiger partial charge >= 0.3 is 0 Å². The first-order valence-corrected chi connectivity index (χ1v) is 6.33. The average molecular weight is 314 g/mol. The van der Waals surface area contributed by atoms with Crippen LogP contribution in [0.4, 0.5) is 15.8 Å². The molecule has 0 unspecified atom stereocenters. The molecule has 3 N–H and O–H groups in total. The van der Waals surface area contributed by atoms with Crippen molar-refractivity contribution in [2.45, 2.75) is 6.92 Å². The zero-order chi connectivity index (χ0) is 14.9. The van der Waals surface area contributed by atoms with Gasteiger partial charge in [0.25, 0.3) is 5.91 Å². The summed E-state index contributed by atoms with van der Waals surface area (Å²) in [5.41, 5.74) is 6.44. The van der Waals surface area contributed by atoms with Crippen LogP contribution in [-0.4, -0.2) is 10.9 Å². The van der Waals surface area contributed by atoms with E-state index in [-0.39, 0.29) is 21.6 Å². The highest BCUT2D eigenvalue weighted by Crippen LogP contribution is 2.27. The Hall–Kier alpha value is -1.85. The lowest BCUT2D eigenvalue weighted by Crippen LogP contribution is -2.14. The standard InChI is InChI=1S/C13H10Cl2FN3O/c1-6-4-10(14)18-12(15)11(6)19-13(20)7-2-3-9(17)8(16)5-7/h2-5H,17H2,1H3,(H,19,20). The molecule has 20 heavy (non-hydrogen) atoms. The van der Waals surface area contributed by atoms with Crippen molar-refractivity contribution in [3.05, 3.63) is 51.5 Å². The first kappa shape index (κ1) is 14.6. The number of halogens is 3. The molecule has 104 valence electrons. The van der Waals surface area contributed by atoms with Crippen LogP contribution in [0.25, 0.3) is 0 Å². The number of hydrogen-bond donors (Lipinski definition) is 2. The van der Waals surface area contributed by atoms with Crippen molar-refractivity contribution in [3.63, 3.8) is 0 Å². The third-order valence-electron chi connectivity index (χ3n) is 2.64. The van der Waals surface area contributed by atoms with Gasteiger partial charge in [-0.1, -0.05) is 23.2 Å². The van der Waals surface area contributed by atoms with Gasteiger partial charge in [-0.2, -0.15) is 0 Å². The molecular formula is C13H10Cl2FN3O. The minimum absolute atomic E-state index is 0.0241. The van der Waals surface area contributed by atoms with Gasteiger partial charge in [0.15, 0.2) is 5.15 Å². The minimum atomic E-state index is -0.658. The van der Waals surface area contributed by atoms with Crippen LogP contribution in [0.3, 0.4) is 0 Å². The molecule has 1 aromatic carbocycles. The van der Waals surface area contributed by atoms with E-state index in [0.29, 0.717) is 11.3 Å². The number of carbonyl (C=O) groups is 1. The Morgan fingerprint density at radius 3 is 2.65 bits per heavy atom. The number of rotatable bonds is 2. The van der Waals surface area contributed by atoms with Crippen LogP contribution in [-0.2, 0) is 0 Å². The maximum atomic E-state index is 13.3. The summed E-state index contributed by atoms with van der Waals surface area (Å²) in [6.07, 6.45) is 0. The van der Waals surface area contributed by atoms with Crippen LogP contribution < -0.4 is 11.1 Å². The van der Waals surface area contributed by atoms with E-state index in [9.17, 15) is 9.18 Å². The molecule has 0 saturated carbocycles. The largest absolute Gasteiger partial charge is 0.396 e. The van der Waals surface area contributed by atoms with E-state index in [0.717, 1.165) is 6.07 Å². The Labute approximate surface area is 124 Å². The molecule has 2 aromatic rings. The van der Waals surface area contributed by atoms with Gasteiger partial charge in [-0.3, -0.25) is 4.79 Å². The smallest absolute Gasteiger partial charge is 0.255 e. The number of nitrogens with two attached hydrogens (primary N) is 1. The molecule has 0 aliphatic heterocycles. The second-order valence-electron chi connectivity index (χ2n) is 4.12. The Kier molecular flexibility index (Phi) is 4.11. The van der Waals surface area contributed by atoms with Crippen molar-refractivity contribution in [3.8, 4) is 0 Å². The average Bonchev–Trinajstić information content (AvgIpc) is 2.36. The van der Waals surface area contributed by atoms with Crippen LogP contribution in [0.2, 0.25) is 10.3 Å². The van der Waals surface area contributed by atoms with E-state index in [4.69, 9.17) is 28.9 Å². The summed E-state index contributed by atoms with van der Waals surface area (Å²) in [6, 6.07) is 5.35. The number of nitrogens with zero attached hydrogens (tertiary/aromatic N) is 1. The Balaban J connectivity index is 2.30. The van der Waals surface area contributed by atoms with Crippen molar-refractivity contribution >= 4 is 40.5 Å². The monoisotopic (exact) mass is 313 g/mol. The predicted octanol–water partition coefficient (Wildman–Crippen LogP) is 3.67. The molecule has 0 saturated heterocycles. The van der Waals surface area contributed by atoms with Gasteiger partial charge in [0, 0.05) is 5.56 Å². The molecule has 1 amide bonds.